The summed E-state index contributed by atoms with van der Waals surface area (Å²) >= 11 is 0. The Kier molecular flexibility index (Phi) is 5.18. The average Bonchev–Trinajstić information content (AvgIpc) is 2.28. The Bertz CT molecular complexity index is 533. The Morgan fingerprint density at radius 1 is 1.33 bits per heavy atom. The molecule has 1 rings (SSSR count). The van der Waals surface area contributed by atoms with Crippen molar-refractivity contribution in [2.45, 2.75) is 45.8 Å². The summed E-state index contributed by atoms with van der Waals surface area (Å²) < 4.78 is 5.14. The second-order valence-electron chi connectivity index (χ2n) is 5.91. The van der Waals surface area contributed by atoms with Crippen LogP contribution in [0.1, 0.15) is 43.6 Å². The van der Waals surface area contributed by atoms with Gasteiger partial charge in [0.25, 0.3) is 0 Å². The van der Waals surface area contributed by atoms with E-state index in [-0.39, 0.29) is 17.4 Å². The van der Waals surface area contributed by atoms with Gasteiger partial charge in [0, 0.05) is 6.04 Å². The van der Waals surface area contributed by atoms with Crippen molar-refractivity contribution >= 4 is 12.1 Å². The zero-order valence-corrected chi connectivity index (χ0v) is 12.6. The van der Waals surface area contributed by atoms with Gasteiger partial charge in [-0.2, -0.15) is 0 Å². The molecule has 0 aromatic heterocycles. The van der Waals surface area contributed by atoms with Crippen molar-refractivity contribution in [3.8, 4) is 5.75 Å². The smallest absolute Gasteiger partial charge is 0.407 e. The Morgan fingerprint density at radius 2 is 1.95 bits per heavy atom. The van der Waals surface area contributed by atoms with Crippen LogP contribution >= 0.6 is 0 Å². The molecule has 0 radical (unpaired) electrons. The summed E-state index contributed by atoms with van der Waals surface area (Å²) in [4.78, 5) is 22.6. The number of amides is 1. The number of hydrogen-bond acceptors (Lipinski definition) is 4. The molecule has 0 unspecified atom stereocenters. The first-order chi connectivity index (χ1) is 9.58. The predicted molar refractivity (Wildman–Crippen MR) is 77.6 cm³/mol. The summed E-state index contributed by atoms with van der Waals surface area (Å²) in [7, 11) is 0. The van der Waals surface area contributed by atoms with E-state index >= 15 is 0 Å². The maximum absolute atomic E-state index is 11.6. The number of ether oxygens (including phenoxy) is 1. The van der Waals surface area contributed by atoms with E-state index in [0.29, 0.717) is 12.0 Å². The van der Waals surface area contributed by atoms with Gasteiger partial charge in [-0.05, 0) is 51.8 Å². The standard InChI is InChI=1S/C15H21NO5/c1-9(16-14(20)21-15(2,3)4)7-10-5-6-12(17)11(8-10)13(18)19/h5-6,8-9,17H,7H2,1-4H3,(H,16,20)(H,18,19)/t9-/m1/s1. The van der Waals surface area contributed by atoms with E-state index in [2.05, 4.69) is 5.32 Å². The predicted octanol–water partition coefficient (Wildman–Crippen LogP) is 2.55. The molecule has 0 fully saturated rings. The average molecular weight is 295 g/mol. The normalized spacial score (nSPS) is 12.6. The molecular formula is C15H21NO5. The Labute approximate surface area is 123 Å². The van der Waals surface area contributed by atoms with Gasteiger partial charge in [0.05, 0.1) is 0 Å². The molecule has 0 saturated carbocycles. The number of carboxylic acids is 1. The Hall–Kier alpha value is -2.24. The van der Waals surface area contributed by atoms with Gasteiger partial charge in [0.1, 0.15) is 16.9 Å². The van der Waals surface area contributed by atoms with Crippen molar-refractivity contribution in [3.63, 3.8) is 0 Å². The maximum Gasteiger partial charge on any atom is 0.407 e. The van der Waals surface area contributed by atoms with Gasteiger partial charge < -0.3 is 20.3 Å². The minimum absolute atomic E-state index is 0.156. The quantitative estimate of drug-likeness (QED) is 0.793. The molecule has 1 atom stereocenters. The zero-order valence-electron chi connectivity index (χ0n) is 12.6. The van der Waals surface area contributed by atoms with Gasteiger partial charge in [-0.1, -0.05) is 6.07 Å². The SMILES string of the molecule is C[C@H](Cc1ccc(O)c(C(=O)O)c1)NC(=O)OC(C)(C)C. The number of phenols is 1. The molecule has 0 aliphatic carbocycles. The topological polar surface area (TPSA) is 95.9 Å². The molecule has 0 heterocycles. The summed E-state index contributed by atoms with van der Waals surface area (Å²) in [6.45, 7) is 7.11. The molecule has 21 heavy (non-hydrogen) atoms. The second kappa shape index (κ2) is 6.47. The second-order valence-corrected chi connectivity index (χ2v) is 5.91. The van der Waals surface area contributed by atoms with Gasteiger partial charge in [0.15, 0.2) is 0 Å². The summed E-state index contributed by atoms with van der Waals surface area (Å²) in [5.41, 5.74) is -0.0236. The third-order valence-electron chi connectivity index (χ3n) is 2.60. The highest BCUT2D eigenvalue weighted by Crippen LogP contribution is 2.19. The lowest BCUT2D eigenvalue weighted by atomic mass is 10.0. The van der Waals surface area contributed by atoms with Crippen LogP contribution in [-0.4, -0.2) is 33.9 Å². The van der Waals surface area contributed by atoms with Gasteiger partial charge in [-0.3, -0.25) is 0 Å². The number of aromatic carboxylic acids is 1. The summed E-state index contributed by atoms with van der Waals surface area (Å²) in [5.74, 6) is -1.47. The molecule has 3 N–H and O–H groups in total. The fraction of sp³-hybridized carbons (Fsp3) is 0.467. The van der Waals surface area contributed by atoms with E-state index in [9.17, 15) is 14.7 Å². The highest BCUT2D eigenvalue weighted by Gasteiger charge is 2.18. The first-order valence-corrected chi connectivity index (χ1v) is 6.63. The number of carbonyl (C=O) groups is 2. The van der Waals surface area contributed by atoms with E-state index in [4.69, 9.17) is 9.84 Å². The van der Waals surface area contributed by atoms with Gasteiger partial charge in [0.2, 0.25) is 0 Å². The molecule has 1 amide bonds. The van der Waals surface area contributed by atoms with Gasteiger partial charge in [-0.25, -0.2) is 9.59 Å². The first-order valence-electron chi connectivity index (χ1n) is 6.63. The number of aromatic hydroxyl groups is 1. The number of carbonyl (C=O) groups excluding carboxylic acids is 1. The van der Waals surface area contributed by atoms with Crippen molar-refractivity contribution in [1.29, 1.82) is 0 Å². The maximum atomic E-state index is 11.6. The summed E-state index contributed by atoms with van der Waals surface area (Å²) in [6, 6.07) is 4.12. The minimum Gasteiger partial charge on any atom is -0.507 e. The van der Waals surface area contributed by atoms with Crippen molar-refractivity contribution in [2.75, 3.05) is 0 Å². The number of carboxylic acid groups (broad SMARTS) is 1. The molecule has 0 bridgehead atoms. The molecule has 0 aliphatic heterocycles. The van der Waals surface area contributed by atoms with Gasteiger partial charge in [-0.15, -0.1) is 0 Å². The van der Waals surface area contributed by atoms with E-state index in [1.807, 2.05) is 0 Å². The van der Waals surface area contributed by atoms with Crippen LogP contribution in [0.2, 0.25) is 0 Å². The molecule has 6 nitrogen and oxygen atoms in total. The van der Waals surface area contributed by atoms with Crippen LogP contribution in [0.4, 0.5) is 4.79 Å². The Morgan fingerprint density at radius 3 is 2.48 bits per heavy atom. The number of nitrogens with one attached hydrogen (secondary N) is 1. The molecule has 0 aliphatic rings. The van der Waals surface area contributed by atoms with E-state index in [1.54, 1.807) is 33.8 Å². The third kappa shape index (κ3) is 5.72. The van der Waals surface area contributed by atoms with Crippen LogP contribution in [-0.2, 0) is 11.2 Å². The lowest BCUT2D eigenvalue weighted by Gasteiger charge is -2.22. The number of alkyl carbamates (subject to hydrolysis) is 1. The summed E-state index contributed by atoms with van der Waals surface area (Å²) in [6.07, 6.45) is -0.0907. The Balaban J connectivity index is 2.67. The molecule has 0 saturated heterocycles. The van der Waals surface area contributed by atoms with Gasteiger partial charge >= 0.3 is 12.1 Å². The van der Waals surface area contributed by atoms with Crippen molar-refractivity contribution < 1.29 is 24.5 Å². The van der Waals surface area contributed by atoms with Crippen molar-refractivity contribution in [1.82, 2.24) is 5.32 Å². The zero-order chi connectivity index (χ0) is 16.2. The third-order valence-corrected chi connectivity index (χ3v) is 2.60. The number of rotatable bonds is 4. The van der Waals surface area contributed by atoms with E-state index in [0.717, 1.165) is 0 Å². The molecule has 1 aromatic carbocycles. The lowest BCUT2D eigenvalue weighted by Crippen LogP contribution is -2.38. The van der Waals surface area contributed by atoms with Crippen LogP contribution < -0.4 is 5.32 Å². The summed E-state index contributed by atoms with van der Waals surface area (Å²) in [5, 5.41) is 21.1. The first kappa shape index (κ1) is 16.8. The van der Waals surface area contributed by atoms with E-state index in [1.165, 1.54) is 12.1 Å². The van der Waals surface area contributed by atoms with Crippen molar-refractivity contribution in [3.05, 3.63) is 29.3 Å². The molecule has 0 spiro atoms. The highest BCUT2D eigenvalue weighted by atomic mass is 16.6. The highest BCUT2D eigenvalue weighted by molar-refractivity contribution is 5.90. The van der Waals surface area contributed by atoms with Crippen LogP contribution in [0.3, 0.4) is 0 Å². The fourth-order valence-corrected chi connectivity index (χ4v) is 1.79. The van der Waals surface area contributed by atoms with Crippen LogP contribution in [0.5, 0.6) is 5.75 Å². The molecule has 1 aromatic rings. The number of hydrogen-bond donors (Lipinski definition) is 3. The minimum atomic E-state index is -1.19. The van der Waals surface area contributed by atoms with Crippen LogP contribution in [0.15, 0.2) is 18.2 Å². The molecule has 116 valence electrons. The van der Waals surface area contributed by atoms with Crippen LogP contribution in [0.25, 0.3) is 0 Å². The largest absolute Gasteiger partial charge is 0.507 e. The fourth-order valence-electron chi connectivity index (χ4n) is 1.79. The lowest BCUT2D eigenvalue weighted by molar-refractivity contribution is 0.0507. The number of benzene rings is 1. The monoisotopic (exact) mass is 295 g/mol. The molecular weight excluding hydrogens is 274 g/mol. The molecule has 6 heteroatoms. The van der Waals surface area contributed by atoms with Crippen LogP contribution in [0, 0.1) is 0 Å². The van der Waals surface area contributed by atoms with Crippen molar-refractivity contribution in [2.24, 2.45) is 0 Å². The van der Waals surface area contributed by atoms with E-state index < -0.39 is 17.7 Å².